The fraction of sp³-hybridized carbons (Fsp3) is 0.0323. The maximum Gasteiger partial charge on any atom is -0.0771 e. The first-order valence-corrected chi connectivity index (χ1v) is 24.0. The molecule has 12 rings (SSSR count). The molecule has 66 heavy (non-hydrogen) atoms. The van der Waals surface area contributed by atoms with Crippen molar-refractivity contribution >= 4 is 49.5 Å². The first-order valence-electron chi connectivity index (χ1n) is 21.5. The molecule has 0 unspecified atom stereocenters. The summed E-state index contributed by atoms with van der Waals surface area (Å²) in [6, 6.07) is 80.8. The van der Waals surface area contributed by atoms with Crippen molar-refractivity contribution in [2.45, 2.75) is 12.8 Å². The van der Waals surface area contributed by atoms with Crippen LogP contribution in [0.15, 0.2) is 267 Å². The van der Waals surface area contributed by atoms with Crippen LogP contribution in [0, 0.1) is 12.2 Å². The van der Waals surface area contributed by atoms with Gasteiger partial charge in [-0.3, -0.25) is 12.2 Å². The molecule has 0 N–H and O–H groups in total. The van der Waals surface area contributed by atoms with Crippen LogP contribution >= 0.6 is 0 Å². The van der Waals surface area contributed by atoms with Gasteiger partial charge in [0.2, 0.25) is 0 Å². The van der Waals surface area contributed by atoms with Crippen LogP contribution in [-0.4, -0.2) is 6.41 Å². The number of hydrogen-bond acceptors (Lipinski definition) is 0. The van der Waals surface area contributed by atoms with Gasteiger partial charge in [0.05, 0.1) is 0 Å². The van der Waals surface area contributed by atoms with Gasteiger partial charge in [0.25, 0.3) is 0 Å². The van der Waals surface area contributed by atoms with Crippen molar-refractivity contribution in [2.75, 3.05) is 0 Å². The van der Waals surface area contributed by atoms with Crippen LogP contribution in [0.5, 0.6) is 0 Å². The average Bonchev–Trinajstić information content (AvgIpc) is 4.25. The Labute approximate surface area is 432 Å². The van der Waals surface area contributed by atoms with Crippen molar-refractivity contribution < 1.29 is 73.3 Å². The smallest absolute Gasteiger partial charge is 0.0771 e. The number of rotatable bonds is 4. The maximum absolute atomic E-state index is 2.99. The van der Waals surface area contributed by atoms with E-state index in [0.717, 1.165) is 12.8 Å². The summed E-state index contributed by atoms with van der Waals surface area (Å²) >= 11 is 2.92. The van der Waals surface area contributed by atoms with Gasteiger partial charge in [0.1, 0.15) is 0 Å². The summed E-state index contributed by atoms with van der Waals surface area (Å²) in [5.41, 5.74) is 5.32. The van der Waals surface area contributed by atoms with Crippen LogP contribution in [0.1, 0.15) is 35.1 Å². The fourth-order valence-corrected chi connectivity index (χ4v) is 8.88. The summed E-state index contributed by atoms with van der Waals surface area (Å²) in [5, 5.41) is 10.8. The van der Waals surface area contributed by atoms with Gasteiger partial charge in [-0.2, -0.15) is 12.2 Å². The molecule has 10 aromatic rings. The summed E-state index contributed by atoms with van der Waals surface area (Å²) in [6.45, 7) is 0. The SMILES string of the molecule is [C-]1=CC=CC1.[C-]1=CC=CC1.[Cl-].[Cl-].[Zr+2]=[C](c1ccccc1)c1ccccc1.[Zr+2]=[C](c1ccccc1)c1ccccc1.c1ccc2c(c1)[cH-]c1ccccc12.c1ccc2c(c1)[cH-]c1ccccc12. The standard InChI is InChI=1S/2C13H9.2C13H10.2C5H5.2ClH.2Zr/c2*1-3-7-12-10(5-1)9-11-6-2-4-8-13(11)12;2*1-3-7-12(8-4-1)11-13-9-5-2-6-10-13;2*1-2-4-5-3-1;;;;/h2*1-9H;2*1-10H;2*1-3H,4H2;2*1H;;/q2*-1;;;2*-1;;;2*+2/p-2. The predicted octanol–water partition coefficient (Wildman–Crippen LogP) is 9.65. The van der Waals surface area contributed by atoms with Crippen LogP contribution in [0.2, 0.25) is 0 Å². The van der Waals surface area contributed by atoms with E-state index in [2.05, 4.69) is 255 Å². The molecule has 10 aromatic carbocycles. The maximum atomic E-state index is 2.99. The van der Waals surface area contributed by atoms with E-state index in [1.807, 2.05) is 24.3 Å². The Bertz CT molecular complexity index is 2700. The molecule has 0 radical (unpaired) electrons. The molecule has 2 aliphatic rings. The number of halogens is 2. The predicted molar refractivity (Wildman–Crippen MR) is 269 cm³/mol. The molecule has 0 spiro atoms. The number of benzene rings is 8. The van der Waals surface area contributed by atoms with Crippen LogP contribution < -0.4 is 24.8 Å². The second-order valence-corrected chi connectivity index (χ2v) is 17.3. The van der Waals surface area contributed by atoms with Gasteiger partial charge in [-0.15, -0.1) is 92.3 Å². The van der Waals surface area contributed by atoms with Crippen LogP contribution in [0.3, 0.4) is 0 Å². The molecule has 0 bridgehead atoms. The van der Waals surface area contributed by atoms with Crippen molar-refractivity contribution in [3.05, 3.63) is 301 Å². The van der Waals surface area contributed by atoms with Crippen LogP contribution in [0.4, 0.5) is 0 Å². The van der Waals surface area contributed by atoms with E-state index in [4.69, 9.17) is 0 Å². The third-order valence-corrected chi connectivity index (χ3v) is 13.3. The topological polar surface area (TPSA) is 0 Å². The van der Waals surface area contributed by atoms with Crippen molar-refractivity contribution in [1.82, 2.24) is 0 Å². The minimum Gasteiger partial charge on any atom is -0.126 e. The summed E-state index contributed by atoms with van der Waals surface area (Å²) in [6.07, 6.45) is 20.0. The Morgan fingerprint density at radius 1 is 0.318 bits per heavy atom. The molecule has 0 heterocycles. The molecule has 320 valence electrons. The molecule has 0 amide bonds. The van der Waals surface area contributed by atoms with Gasteiger partial charge < -0.3 is 24.8 Å². The first-order chi connectivity index (χ1) is 31.7. The Balaban J connectivity index is 0.000000152. The van der Waals surface area contributed by atoms with Gasteiger partial charge in [0, 0.05) is 0 Å². The zero-order valence-corrected chi connectivity index (χ0v) is 43.0. The van der Waals surface area contributed by atoms with E-state index in [1.165, 1.54) is 120 Å². The molecular weight excluding hydrogens is 998 g/mol. The van der Waals surface area contributed by atoms with Gasteiger partial charge in [-0.25, -0.2) is 24.3 Å². The van der Waals surface area contributed by atoms with E-state index in [1.54, 1.807) is 0 Å². The van der Waals surface area contributed by atoms with Crippen molar-refractivity contribution in [3.8, 4) is 0 Å². The second kappa shape index (κ2) is 28.6. The first kappa shape index (κ1) is 51.5. The Kier molecular flexibility index (Phi) is 22.3. The minimum absolute atomic E-state index is 0. The molecule has 0 aliphatic heterocycles. The molecule has 0 fully saturated rings. The number of hydrogen-bond donors (Lipinski definition) is 0. The number of fused-ring (bicyclic) bond motifs is 6. The molecule has 0 saturated carbocycles. The van der Waals surface area contributed by atoms with Crippen molar-refractivity contribution in [2.24, 2.45) is 0 Å². The van der Waals surface area contributed by atoms with Gasteiger partial charge >= 0.3 is 198 Å². The largest absolute Gasteiger partial charge is 0.126 e. The van der Waals surface area contributed by atoms with E-state index in [0.29, 0.717) is 0 Å². The molecule has 4 heteroatoms. The van der Waals surface area contributed by atoms with Crippen molar-refractivity contribution in [3.63, 3.8) is 0 Å². The summed E-state index contributed by atoms with van der Waals surface area (Å²) in [4.78, 5) is 0. The molecular formula is C62H48Cl2Zr2-2. The van der Waals surface area contributed by atoms with E-state index < -0.39 is 0 Å². The fourth-order valence-electron chi connectivity index (χ4n) is 7.24. The molecule has 0 atom stereocenters. The van der Waals surface area contributed by atoms with E-state index >= 15 is 0 Å². The molecule has 0 nitrogen and oxygen atoms in total. The molecule has 0 saturated heterocycles. The quantitative estimate of drug-likeness (QED) is 0.154. The van der Waals surface area contributed by atoms with Gasteiger partial charge in [-0.1, -0.05) is 72.8 Å². The molecule has 2 aliphatic carbocycles. The van der Waals surface area contributed by atoms with Crippen LogP contribution in [-0.2, 0) is 48.5 Å². The third kappa shape index (κ3) is 15.3. The Hall–Kier alpha value is -5.45. The van der Waals surface area contributed by atoms with Gasteiger partial charge in [-0.05, 0) is 0 Å². The Morgan fingerprint density at radius 3 is 0.742 bits per heavy atom. The summed E-state index contributed by atoms with van der Waals surface area (Å²) in [5.74, 6) is 0. The second-order valence-electron chi connectivity index (χ2n) is 14.9. The van der Waals surface area contributed by atoms with Gasteiger partial charge in [0.15, 0.2) is 0 Å². The van der Waals surface area contributed by atoms with Crippen LogP contribution in [0.25, 0.3) is 43.1 Å². The zero-order valence-electron chi connectivity index (χ0n) is 36.6. The average molecular weight is 1050 g/mol. The normalized spacial score (nSPS) is 11.2. The third-order valence-electron chi connectivity index (χ3n) is 10.5. The van der Waals surface area contributed by atoms with Crippen molar-refractivity contribution in [1.29, 1.82) is 0 Å². The van der Waals surface area contributed by atoms with E-state index in [-0.39, 0.29) is 24.8 Å². The molecule has 0 aromatic heterocycles. The zero-order chi connectivity index (χ0) is 44.0. The monoisotopic (exact) mass is 1040 g/mol. The minimum atomic E-state index is 0. The Morgan fingerprint density at radius 2 is 0.545 bits per heavy atom. The summed E-state index contributed by atoms with van der Waals surface area (Å²) < 4.78 is 2.83. The number of allylic oxidation sites excluding steroid dienone is 8. The van der Waals surface area contributed by atoms with E-state index in [9.17, 15) is 0 Å². The summed E-state index contributed by atoms with van der Waals surface area (Å²) in [7, 11) is 0.